The Morgan fingerprint density at radius 1 is 1.22 bits per heavy atom. The lowest BCUT2D eigenvalue weighted by Gasteiger charge is -2.41. The lowest BCUT2D eigenvalue weighted by Crippen LogP contribution is -2.51. The largest absolute Gasteiger partial charge is 0.485 e. The van der Waals surface area contributed by atoms with Crippen LogP contribution in [0.15, 0.2) is 47.4 Å². The van der Waals surface area contributed by atoms with E-state index >= 15 is 0 Å². The van der Waals surface area contributed by atoms with E-state index in [9.17, 15) is 13.5 Å². The second kappa shape index (κ2) is 6.22. The number of aryl methyl sites for hydroxylation is 1. The SMILES string of the molecule is CC1(C)Oc2ccc(S(=O)(=O)N3CCCc4ccccc43)cc2[C@@H](N)[C@@H]1O. The number of para-hydroxylation sites is 1. The van der Waals surface area contributed by atoms with Gasteiger partial charge in [-0.2, -0.15) is 0 Å². The van der Waals surface area contributed by atoms with Crippen LogP contribution in [-0.2, 0) is 16.4 Å². The number of nitrogens with two attached hydrogens (primary N) is 1. The summed E-state index contributed by atoms with van der Waals surface area (Å²) in [5.41, 5.74) is 7.62. The van der Waals surface area contributed by atoms with E-state index in [1.54, 1.807) is 26.0 Å². The molecule has 0 aromatic heterocycles. The fourth-order valence-electron chi connectivity index (χ4n) is 3.86. The molecule has 144 valence electrons. The number of hydrogen-bond donors (Lipinski definition) is 2. The minimum absolute atomic E-state index is 0.156. The average molecular weight is 388 g/mol. The van der Waals surface area contributed by atoms with Crippen molar-refractivity contribution in [2.75, 3.05) is 10.8 Å². The van der Waals surface area contributed by atoms with Gasteiger partial charge in [-0.15, -0.1) is 0 Å². The maximum absolute atomic E-state index is 13.3. The van der Waals surface area contributed by atoms with Crippen LogP contribution in [0.5, 0.6) is 5.75 Å². The minimum atomic E-state index is -3.74. The number of rotatable bonds is 2. The molecule has 0 saturated heterocycles. The van der Waals surface area contributed by atoms with Crippen LogP contribution in [-0.4, -0.2) is 31.8 Å². The molecular formula is C20H24N2O4S. The van der Waals surface area contributed by atoms with Gasteiger partial charge in [-0.3, -0.25) is 4.31 Å². The molecule has 0 unspecified atom stereocenters. The quantitative estimate of drug-likeness (QED) is 0.824. The molecule has 0 saturated carbocycles. The van der Waals surface area contributed by atoms with Crippen LogP contribution in [0.1, 0.15) is 37.4 Å². The molecule has 2 aliphatic heterocycles. The van der Waals surface area contributed by atoms with E-state index in [1.807, 2.05) is 24.3 Å². The summed E-state index contributed by atoms with van der Waals surface area (Å²) in [6.07, 6.45) is 0.710. The average Bonchev–Trinajstić information content (AvgIpc) is 2.65. The van der Waals surface area contributed by atoms with Crippen molar-refractivity contribution in [1.82, 2.24) is 0 Å². The van der Waals surface area contributed by atoms with Crippen molar-refractivity contribution in [3.8, 4) is 5.75 Å². The Morgan fingerprint density at radius 3 is 2.74 bits per heavy atom. The Bertz CT molecular complexity index is 987. The number of aliphatic hydroxyl groups excluding tert-OH is 1. The third-order valence-electron chi connectivity index (χ3n) is 5.42. The molecule has 4 rings (SSSR count). The van der Waals surface area contributed by atoms with Gasteiger partial charge in [0.2, 0.25) is 0 Å². The molecule has 0 radical (unpaired) electrons. The fraction of sp³-hybridized carbons (Fsp3) is 0.400. The van der Waals surface area contributed by atoms with E-state index in [1.165, 1.54) is 10.4 Å². The minimum Gasteiger partial charge on any atom is -0.485 e. The number of anilines is 1. The normalized spacial score (nSPS) is 23.9. The summed E-state index contributed by atoms with van der Waals surface area (Å²) >= 11 is 0. The number of hydrogen-bond acceptors (Lipinski definition) is 5. The fourth-order valence-corrected chi connectivity index (χ4v) is 5.44. The van der Waals surface area contributed by atoms with Crippen LogP contribution < -0.4 is 14.8 Å². The molecule has 6 nitrogen and oxygen atoms in total. The van der Waals surface area contributed by atoms with Gasteiger partial charge >= 0.3 is 0 Å². The van der Waals surface area contributed by atoms with Gasteiger partial charge in [-0.25, -0.2) is 8.42 Å². The number of ether oxygens (including phenoxy) is 1. The van der Waals surface area contributed by atoms with Gasteiger partial charge in [0, 0.05) is 12.1 Å². The Morgan fingerprint density at radius 2 is 1.96 bits per heavy atom. The van der Waals surface area contributed by atoms with E-state index in [0.717, 1.165) is 24.1 Å². The predicted molar refractivity (Wildman–Crippen MR) is 103 cm³/mol. The zero-order valence-electron chi connectivity index (χ0n) is 15.4. The molecule has 0 bridgehead atoms. The van der Waals surface area contributed by atoms with E-state index in [0.29, 0.717) is 17.9 Å². The highest BCUT2D eigenvalue weighted by molar-refractivity contribution is 7.92. The summed E-state index contributed by atoms with van der Waals surface area (Å²) < 4.78 is 34.0. The molecule has 2 aliphatic rings. The molecule has 7 heteroatoms. The van der Waals surface area contributed by atoms with Gasteiger partial charge in [-0.05, 0) is 56.5 Å². The van der Waals surface area contributed by atoms with Gasteiger partial charge < -0.3 is 15.6 Å². The van der Waals surface area contributed by atoms with Crippen LogP contribution in [0.2, 0.25) is 0 Å². The molecule has 2 atom stereocenters. The van der Waals surface area contributed by atoms with Gasteiger partial charge in [0.1, 0.15) is 17.5 Å². The number of fused-ring (bicyclic) bond motifs is 2. The molecule has 0 amide bonds. The second-order valence-electron chi connectivity index (χ2n) is 7.69. The lowest BCUT2D eigenvalue weighted by molar-refractivity contribution is -0.0572. The lowest BCUT2D eigenvalue weighted by atomic mass is 9.87. The topological polar surface area (TPSA) is 92.9 Å². The van der Waals surface area contributed by atoms with Crippen LogP contribution in [0.3, 0.4) is 0 Å². The maximum atomic E-state index is 13.3. The summed E-state index contributed by atoms with van der Waals surface area (Å²) in [6.45, 7) is 3.96. The molecule has 2 aromatic carbocycles. The number of nitrogens with zero attached hydrogens (tertiary/aromatic N) is 1. The zero-order valence-corrected chi connectivity index (χ0v) is 16.2. The van der Waals surface area contributed by atoms with Crippen molar-refractivity contribution < 1.29 is 18.3 Å². The van der Waals surface area contributed by atoms with Gasteiger partial charge in [0.25, 0.3) is 10.0 Å². The van der Waals surface area contributed by atoms with Crippen molar-refractivity contribution in [2.24, 2.45) is 5.73 Å². The Balaban J connectivity index is 1.77. The van der Waals surface area contributed by atoms with Gasteiger partial charge in [0.05, 0.1) is 16.6 Å². The van der Waals surface area contributed by atoms with E-state index < -0.39 is 27.8 Å². The molecule has 3 N–H and O–H groups in total. The van der Waals surface area contributed by atoms with E-state index in [-0.39, 0.29) is 4.90 Å². The highest BCUT2D eigenvalue weighted by atomic mass is 32.2. The summed E-state index contributed by atoms with van der Waals surface area (Å²) in [4.78, 5) is 0.156. The Kier molecular flexibility index (Phi) is 4.21. The van der Waals surface area contributed by atoms with Crippen molar-refractivity contribution in [3.63, 3.8) is 0 Å². The van der Waals surface area contributed by atoms with Crippen LogP contribution in [0.25, 0.3) is 0 Å². The molecular weight excluding hydrogens is 364 g/mol. The first-order valence-corrected chi connectivity index (χ1v) is 10.5. The monoisotopic (exact) mass is 388 g/mol. The second-order valence-corrected chi connectivity index (χ2v) is 9.55. The predicted octanol–water partition coefficient (Wildman–Crippen LogP) is 2.36. The number of benzene rings is 2. The van der Waals surface area contributed by atoms with Crippen LogP contribution >= 0.6 is 0 Å². The third-order valence-corrected chi connectivity index (χ3v) is 7.23. The van der Waals surface area contributed by atoms with Crippen LogP contribution in [0.4, 0.5) is 5.69 Å². The number of sulfonamides is 1. The smallest absolute Gasteiger partial charge is 0.264 e. The summed E-state index contributed by atoms with van der Waals surface area (Å²) in [6, 6.07) is 11.6. The van der Waals surface area contributed by atoms with Crippen molar-refractivity contribution >= 4 is 15.7 Å². The van der Waals surface area contributed by atoms with E-state index in [4.69, 9.17) is 10.5 Å². The van der Waals surface area contributed by atoms with Crippen molar-refractivity contribution in [3.05, 3.63) is 53.6 Å². The Hall–Kier alpha value is -2.09. The van der Waals surface area contributed by atoms with Gasteiger partial charge in [0.15, 0.2) is 0 Å². The first-order valence-electron chi connectivity index (χ1n) is 9.09. The zero-order chi connectivity index (χ0) is 19.4. The summed E-state index contributed by atoms with van der Waals surface area (Å²) in [5, 5.41) is 10.4. The van der Waals surface area contributed by atoms with Gasteiger partial charge in [-0.1, -0.05) is 18.2 Å². The highest BCUT2D eigenvalue weighted by Crippen LogP contribution is 2.40. The summed E-state index contributed by atoms with van der Waals surface area (Å²) in [7, 11) is -3.74. The first kappa shape index (κ1) is 18.3. The summed E-state index contributed by atoms with van der Waals surface area (Å²) in [5.74, 6) is 0.510. The number of aliphatic hydroxyl groups is 1. The standard InChI is InChI=1S/C20H24N2O4S/c1-20(2)19(23)18(21)15-12-14(9-10-17(15)26-20)27(24,25)22-11-5-7-13-6-3-4-8-16(13)22/h3-4,6,8-10,12,18-19,23H,5,7,11,21H2,1-2H3/t18-,19+/m1/s1. The van der Waals surface area contributed by atoms with Crippen LogP contribution in [0, 0.1) is 0 Å². The highest BCUT2D eigenvalue weighted by Gasteiger charge is 2.42. The van der Waals surface area contributed by atoms with Crippen molar-refractivity contribution in [2.45, 2.75) is 49.3 Å². The first-order chi connectivity index (χ1) is 12.7. The molecule has 0 spiro atoms. The molecule has 2 heterocycles. The molecule has 0 aliphatic carbocycles. The maximum Gasteiger partial charge on any atom is 0.264 e. The van der Waals surface area contributed by atoms with E-state index in [2.05, 4.69) is 0 Å². The molecule has 2 aromatic rings. The Labute approximate surface area is 159 Å². The third kappa shape index (κ3) is 2.90. The molecule has 0 fully saturated rings. The molecule has 27 heavy (non-hydrogen) atoms. The van der Waals surface area contributed by atoms with Crippen molar-refractivity contribution in [1.29, 1.82) is 0 Å².